The molecule has 0 aliphatic rings. The number of hydrogen-bond acceptors (Lipinski definition) is 2. The van der Waals surface area contributed by atoms with Crippen LogP contribution in [0.2, 0.25) is 0 Å². The number of aryl methyl sites for hydroxylation is 1. The molecule has 0 fully saturated rings. The van der Waals surface area contributed by atoms with E-state index in [-0.39, 0.29) is 0 Å². The fourth-order valence-electron chi connectivity index (χ4n) is 2.42. The normalized spacial score (nSPS) is 12.3. The fraction of sp³-hybridized carbons (Fsp3) is 0.353. The summed E-state index contributed by atoms with van der Waals surface area (Å²) in [7, 11) is 0. The van der Waals surface area contributed by atoms with Gasteiger partial charge in [0, 0.05) is 22.9 Å². The highest BCUT2D eigenvalue weighted by atomic mass is 79.9. The van der Waals surface area contributed by atoms with Gasteiger partial charge in [-0.15, -0.1) is 0 Å². The van der Waals surface area contributed by atoms with Gasteiger partial charge in [0.25, 0.3) is 0 Å². The Bertz CT molecular complexity index is 513. The van der Waals surface area contributed by atoms with Gasteiger partial charge in [-0.1, -0.05) is 37.3 Å². The lowest BCUT2D eigenvalue weighted by Gasteiger charge is -2.18. The van der Waals surface area contributed by atoms with Gasteiger partial charge >= 0.3 is 0 Å². The molecule has 1 aromatic heterocycles. The van der Waals surface area contributed by atoms with E-state index >= 15 is 0 Å². The first-order valence-electron chi connectivity index (χ1n) is 7.17. The average molecular weight is 333 g/mol. The number of nitrogens with zero attached hydrogens (tertiary/aromatic N) is 1. The topological polar surface area (TPSA) is 24.9 Å². The molecule has 0 aliphatic heterocycles. The Balaban J connectivity index is 1.90. The maximum Gasteiger partial charge on any atom is 0.0410 e. The molecule has 106 valence electrons. The second kappa shape index (κ2) is 8.18. The molecule has 20 heavy (non-hydrogen) atoms. The highest BCUT2D eigenvalue weighted by Gasteiger charge is 2.09. The zero-order valence-electron chi connectivity index (χ0n) is 11.8. The Morgan fingerprint density at radius 1 is 1.20 bits per heavy atom. The number of aromatic nitrogens is 1. The molecule has 3 heteroatoms. The molecule has 2 rings (SSSR count). The van der Waals surface area contributed by atoms with Crippen LogP contribution in [-0.2, 0) is 6.42 Å². The first-order valence-corrected chi connectivity index (χ1v) is 7.96. The Morgan fingerprint density at radius 3 is 2.70 bits per heavy atom. The van der Waals surface area contributed by atoms with E-state index in [1.165, 1.54) is 11.1 Å². The van der Waals surface area contributed by atoms with Crippen molar-refractivity contribution in [1.82, 2.24) is 10.3 Å². The van der Waals surface area contributed by atoms with Crippen molar-refractivity contribution in [2.75, 3.05) is 6.54 Å². The molecular weight excluding hydrogens is 312 g/mol. The van der Waals surface area contributed by atoms with E-state index in [0.717, 1.165) is 30.3 Å². The van der Waals surface area contributed by atoms with E-state index in [9.17, 15) is 0 Å². The quantitative estimate of drug-likeness (QED) is 0.806. The molecule has 1 N–H and O–H groups in total. The molecule has 0 aliphatic carbocycles. The van der Waals surface area contributed by atoms with Crippen LogP contribution >= 0.6 is 15.9 Å². The predicted octanol–water partition coefficient (Wildman–Crippen LogP) is 4.52. The minimum Gasteiger partial charge on any atom is -0.310 e. The number of rotatable bonds is 7. The minimum absolute atomic E-state index is 0.446. The second-order valence-electron chi connectivity index (χ2n) is 4.92. The summed E-state index contributed by atoms with van der Waals surface area (Å²) >= 11 is 3.47. The van der Waals surface area contributed by atoms with Crippen LogP contribution in [0.25, 0.3) is 0 Å². The van der Waals surface area contributed by atoms with Crippen molar-refractivity contribution in [1.29, 1.82) is 0 Å². The molecule has 1 atom stereocenters. The van der Waals surface area contributed by atoms with Crippen LogP contribution in [-0.4, -0.2) is 11.5 Å². The summed E-state index contributed by atoms with van der Waals surface area (Å²) in [4.78, 5) is 4.21. The zero-order valence-corrected chi connectivity index (χ0v) is 13.4. The molecule has 2 nitrogen and oxygen atoms in total. The SMILES string of the molecule is CCNC(CCCc1cncc(Br)c1)c1ccccc1. The number of halogens is 1. The highest BCUT2D eigenvalue weighted by molar-refractivity contribution is 9.10. The summed E-state index contributed by atoms with van der Waals surface area (Å²) < 4.78 is 1.06. The second-order valence-corrected chi connectivity index (χ2v) is 5.84. The lowest BCUT2D eigenvalue weighted by Crippen LogP contribution is -2.20. The van der Waals surface area contributed by atoms with Crippen molar-refractivity contribution in [2.45, 2.75) is 32.2 Å². The average Bonchev–Trinajstić information content (AvgIpc) is 2.47. The van der Waals surface area contributed by atoms with Crippen LogP contribution in [0.4, 0.5) is 0 Å². The van der Waals surface area contributed by atoms with Crippen LogP contribution in [0, 0.1) is 0 Å². The molecule has 0 bridgehead atoms. The lowest BCUT2D eigenvalue weighted by atomic mass is 9.99. The summed E-state index contributed by atoms with van der Waals surface area (Å²) in [5.74, 6) is 0. The van der Waals surface area contributed by atoms with Gasteiger partial charge in [-0.25, -0.2) is 0 Å². The van der Waals surface area contributed by atoms with Crippen molar-refractivity contribution < 1.29 is 0 Å². The van der Waals surface area contributed by atoms with Gasteiger partial charge in [0.2, 0.25) is 0 Å². The van der Waals surface area contributed by atoms with E-state index in [2.05, 4.69) is 69.6 Å². The van der Waals surface area contributed by atoms with Crippen molar-refractivity contribution >= 4 is 15.9 Å². The maximum atomic E-state index is 4.21. The van der Waals surface area contributed by atoms with Gasteiger partial charge in [0.15, 0.2) is 0 Å². The first-order chi connectivity index (χ1) is 9.79. The van der Waals surface area contributed by atoms with Crippen molar-refractivity contribution in [3.63, 3.8) is 0 Å². The third-order valence-electron chi connectivity index (χ3n) is 3.37. The predicted molar refractivity (Wildman–Crippen MR) is 87.7 cm³/mol. The molecule has 2 aromatic rings. The number of hydrogen-bond donors (Lipinski definition) is 1. The Labute approximate surface area is 129 Å². The molecule has 1 heterocycles. The molecule has 0 saturated heterocycles. The highest BCUT2D eigenvalue weighted by Crippen LogP contribution is 2.20. The smallest absolute Gasteiger partial charge is 0.0410 e. The van der Waals surface area contributed by atoms with Gasteiger partial charge < -0.3 is 5.32 Å². The number of benzene rings is 1. The minimum atomic E-state index is 0.446. The van der Waals surface area contributed by atoms with Gasteiger partial charge in [0.1, 0.15) is 0 Å². The fourth-order valence-corrected chi connectivity index (χ4v) is 2.83. The summed E-state index contributed by atoms with van der Waals surface area (Å²) in [5.41, 5.74) is 2.67. The van der Waals surface area contributed by atoms with Crippen molar-refractivity contribution in [3.05, 3.63) is 64.4 Å². The van der Waals surface area contributed by atoms with E-state index in [0.29, 0.717) is 6.04 Å². The van der Waals surface area contributed by atoms with E-state index in [1.54, 1.807) is 0 Å². The summed E-state index contributed by atoms with van der Waals surface area (Å²) in [6.45, 7) is 3.16. The van der Waals surface area contributed by atoms with Crippen LogP contribution in [0.1, 0.15) is 36.9 Å². The Hall–Kier alpha value is -1.19. The zero-order chi connectivity index (χ0) is 14.2. The number of pyridine rings is 1. The van der Waals surface area contributed by atoms with E-state index in [4.69, 9.17) is 0 Å². The molecule has 0 radical (unpaired) electrons. The Morgan fingerprint density at radius 2 is 2.00 bits per heavy atom. The van der Waals surface area contributed by atoms with Crippen LogP contribution in [0.15, 0.2) is 53.3 Å². The summed E-state index contributed by atoms with van der Waals surface area (Å²) in [6.07, 6.45) is 7.15. The third kappa shape index (κ3) is 4.73. The Kier molecular flexibility index (Phi) is 6.22. The molecule has 1 aromatic carbocycles. The van der Waals surface area contributed by atoms with E-state index < -0.39 is 0 Å². The van der Waals surface area contributed by atoms with Gasteiger partial charge in [-0.05, 0) is 58.9 Å². The van der Waals surface area contributed by atoms with Crippen molar-refractivity contribution in [2.24, 2.45) is 0 Å². The summed E-state index contributed by atoms with van der Waals surface area (Å²) in [5, 5.41) is 3.57. The molecule has 1 unspecified atom stereocenters. The van der Waals surface area contributed by atoms with E-state index in [1.807, 2.05) is 12.4 Å². The van der Waals surface area contributed by atoms with Gasteiger partial charge in [-0.2, -0.15) is 0 Å². The molecule has 0 amide bonds. The monoisotopic (exact) mass is 332 g/mol. The maximum absolute atomic E-state index is 4.21. The summed E-state index contributed by atoms with van der Waals surface area (Å²) in [6, 6.07) is 13.3. The van der Waals surface area contributed by atoms with Gasteiger partial charge in [-0.3, -0.25) is 4.98 Å². The number of nitrogens with one attached hydrogen (secondary N) is 1. The van der Waals surface area contributed by atoms with Crippen LogP contribution < -0.4 is 5.32 Å². The molecular formula is C17H21BrN2. The van der Waals surface area contributed by atoms with Crippen LogP contribution in [0.5, 0.6) is 0 Å². The van der Waals surface area contributed by atoms with Crippen LogP contribution in [0.3, 0.4) is 0 Å². The largest absolute Gasteiger partial charge is 0.310 e. The van der Waals surface area contributed by atoms with Crippen molar-refractivity contribution in [3.8, 4) is 0 Å². The molecule has 0 spiro atoms. The lowest BCUT2D eigenvalue weighted by molar-refractivity contribution is 0.498. The standard InChI is InChI=1S/C17H21BrN2/c1-2-20-17(15-8-4-3-5-9-15)10-6-7-14-11-16(18)13-19-12-14/h3-5,8-9,11-13,17,20H,2,6-7,10H2,1H3. The third-order valence-corrected chi connectivity index (χ3v) is 3.81. The molecule has 0 saturated carbocycles. The van der Waals surface area contributed by atoms with Gasteiger partial charge in [0.05, 0.1) is 0 Å². The first kappa shape index (κ1) is 15.2.